The van der Waals surface area contributed by atoms with Crippen LogP contribution in [0.2, 0.25) is 0 Å². The number of carbonyl (C=O) groups is 2. The topological polar surface area (TPSA) is 120 Å². The third kappa shape index (κ3) is 6.80. The van der Waals surface area contributed by atoms with Gasteiger partial charge in [0.15, 0.2) is 13.2 Å². The molecule has 0 aromatic heterocycles. The average Bonchev–Trinajstić information content (AvgIpc) is 2.69. The fourth-order valence-electron chi connectivity index (χ4n) is 2.38. The molecule has 0 aliphatic rings. The molecule has 0 radical (unpaired) electrons. The number of carbonyl (C=O) groups excluding carboxylic acids is 2. The Bertz CT molecular complexity index is 875. The second-order valence-electron chi connectivity index (χ2n) is 7.17. The van der Waals surface area contributed by atoms with Crippen LogP contribution in [0.25, 0.3) is 0 Å². The van der Waals surface area contributed by atoms with Gasteiger partial charge in [-0.15, -0.1) is 0 Å². The van der Waals surface area contributed by atoms with Gasteiger partial charge in [0, 0.05) is 12.1 Å². The Kier molecular flexibility index (Phi) is 7.13. The molecular formula is C20H23N3O6. The van der Waals surface area contributed by atoms with Crippen LogP contribution in [-0.4, -0.2) is 30.0 Å². The van der Waals surface area contributed by atoms with Crippen molar-refractivity contribution in [2.24, 2.45) is 0 Å². The van der Waals surface area contributed by atoms with Crippen molar-refractivity contribution in [2.75, 3.05) is 13.2 Å². The molecule has 2 amide bonds. The zero-order chi connectivity index (χ0) is 21.4. The van der Waals surface area contributed by atoms with Crippen LogP contribution in [0, 0.1) is 10.1 Å². The highest BCUT2D eigenvalue weighted by atomic mass is 16.6. The highest BCUT2D eigenvalue weighted by Gasteiger charge is 2.19. The Balaban J connectivity index is 1.75. The van der Waals surface area contributed by atoms with Crippen LogP contribution in [0.5, 0.6) is 11.5 Å². The second kappa shape index (κ2) is 9.54. The van der Waals surface area contributed by atoms with E-state index in [2.05, 4.69) is 10.9 Å². The maximum absolute atomic E-state index is 11.9. The number of non-ortho nitro benzene ring substituents is 1. The largest absolute Gasteiger partial charge is 0.484 e. The van der Waals surface area contributed by atoms with Gasteiger partial charge < -0.3 is 9.47 Å². The molecule has 0 unspecified atom stereocenters. The monoisotopic (exact) mass is 401 g/mol. The van der Waals surface area contributed by atoms with Gasteiger partial charge in [0.1, 0.15) is 11.5 Å². The van der Waals surface area contributed by atoms with Crippen molar-refractivity contribution < 1.29 is 24.0 Å². The molecule has 2 aromatic rings. The maximum Gasteiger partial charge on any atom is 0.276 e. The van der Waals surface area contributed by atoms with Crippen molar-refractivity contribution in [1.82, 2.24) is 10.9 Å². The molecule has 0 heterocycles. The average molecular weight is 401 g/mol. The van der Waals surface area contributed by atoms with Crippen molar-refractivity contribution in [3.05, 3.63) is 64.2 Å². The van der Waals surface area contributed by atoms with Gasteiger partial charge >= 0.3 is 0 Å². The molecule has 0 fully saturated rings. The van der Waals surface area contributed by atoms with Crippen LogP contribution in [0.3, 0.4) is 0 Å². The van der Waals surface area contributed by atoms with Gasteiger partial charge in [-0.2, -0.15) is 0 Å². The lowest BCUT2D eigenvalue weighted by Gasteiger charge is -2.22. The molecule has 2 N–H and O–H groups in total. The maximum atomic E-state index is 11.9. The van der Waals surface area contributed by atoms with E-state index in [0.29, 0.717) is 11.5 Å². The predicted molar refractivity (Wildman–Crippen MR) is 106 cm³/mol. The number of amides is 2. The molecule has 2 aromatic carbocycles. The van der Waals surface area contributed by atoms with E-state index in [9.17, 15) is 19.7 Å². The Labute approximate surface area is 168 Å². The molecule has 2 rings (SSSR count). The molecule has 0 atom stereocenters. The van der Waals surface area contributed by atoms with Gasteiger partial charge in [-0.25, -0.2) is 0 Å². The standard InChI is InChI=1S/C20H23N3O6/c1-20(2,3)16-6-4-5-7-17(16)29-13-19(25)22-21-18(24)12-28-15-10-8-14(9-11-15)23(26)27/h4-11H,12-13H2,1-3H3,(H,21,24)(H,22,25). The number of nitro groups is 1. The number of rotatable bonds is 7. The Morgan fingerprint density at radius 3 is 2.03 bits per heavy atom. The van der Waals surface area contributed by atoms with Gasteiger partial charge in [0.25, 0.3) is 17.5 Å². The first-order chi connectivity index (χ1) is 13.7. The minimum Gasteiger partial charge on any atom is -0.484 e. The summed E-state index contributed by atoms with van der Waals surface area (Å²) in [6, 6.07) is 12.7. The zero-order valence-corrected chi connectivity index (χ0v) is 16.4. The van der Waals surface area contributed by atoms with E-state index in [0.717, 1.165) is 5.56 Å². The van der Waals surface area contributed by atoms with E-state index in [1.807, 2.05) is 39.0 Å². The zero-order valence-electron chi connectivity index (χ0n) is 16.4. The summed E-state index contributed by atoms with van der Waals surface area (Å²) in [5.41, 5.74) is 5.19. The van der Waals surface area contributed by atoms with E-state index in [-0.39, 0.29) is 24.3 Å². The first-order valence-corrected chi connectivity index (χ1v) is 8.84. The van der Waals surface area contributed by atoms with E-state index in [4.69, 9.17) is 9.47 Å². The lowest BCUT2D eigenvalue weighted by molar-refractivity contribution is -0.384. The fourth-order valence-corrected chi connectivity index (χ4v) is 2.38. The highest BCUT2D eigenvalue weighted by molar-refractivity contribution is 5.83. The third-order valence-corrected chi connectivity index (χ3v) is 3.81. The molecule has 0 bridgehead atoms. The van der Waals surface area contributed by atoms with Crippen LogP contribution in [0.15, 0.2) is 48.5 Å². The Hall–Kier alpha value is -3.62. The number of nitro benzene ring substituents is 1. The number of nitrogens with one attached hydrogen (secondary N) is 2. The van der Waals surface area contributed by atoms with Gasteiger partial charge in [0.2, 0.25) is 0 Å². The molecular weight excluding hydrogens is 378 g/mol. The SMILES string of the molecule is CC(C)(C)c1ccccc1OCC(=O)NNC(=O)COc1ccc([N+](=O)[O-])cc1. The quantitative estimate of drug-likeness (QED) is 0.543. The molecule has 0 spiro atoms. The van der Waals surface area contributed by atoms with E-state index in [1.165, 1.54) is 24.3 Å². The van der Waals surface area contributed by atoms with Crippen LogP contribution in [0.1, 0.15) is 26.3 Å². The van der Waals surface area contributed by atoms with Crippen molar-refractivity contribution in [3.8, 4) is 11.5 Å². The van der Waals surface area contributed by atoms with Crippen molar-refractivity contribution in [2.45, 2.75) is 26.2 Å². The second-order valence-corrected chi connectivity index (χ2v) is 7.17. The predicted octanol–water partition coefficient (Wildman–Crippen LogP) is 2.50. The molecule has 0 saturated carbocycles. The number of benzene rings is 2. The smallest absolute Gasteiger partial charge is 0.276 e. The summed E-state index contributed by atoms with van der Waals surface area (Å²) < 4.78 is 10.8. The lowest BCUT2D eigenvalue weighted by atomic mass is 9.86. The summed E-state index contributed by atoms with van der Waals surface area (Å²) in [6.45, 7) is 5.49. The number of nitrogens with zero attached hydrogens (tertiary/aromatic N) is 1. The number of hydrogen-bond acceptors (Lipinski definition) is 6. The van der Waals surface area contributed by atoms with Gasteiger partial charge in [-0.3, -0.25) is 30.6 Å². The molecule has 9 heteroatoms. The summed E-state index contributed by atoms with van der Waals surface area (Å²) in [5.74, 6) is -0.230. The Morgan fingerprint density at radius 2 is 1.48 bits per heavy atom. The van der Waals surface area contributed by atoms with Gasteiger partial charge in [0.05, 0.1) is 4.92 Å². The van der Waals surface area contributed by atoms with Crippen molar-refractivity contribution >= 4 is 17.5 Å². The molecule has 0 aliphatic heterocycles. The first kappa shape index (κ1) is 21.7. The lowest BCUT2D eigenvalue weighted by Crippen LogP contribution is -2.45. The van der Waals surface area contributed by atoms with Gasteiger partial charge in [-0.05, 0) is 29.2 Å². The molecule has 29 heavy (non-hydrogen) atoms. The van der Waals surface area contributed by atoms with Crippen LogP contribution >= 0.6 is 0 Å². The van der Waals surface area contributed by atoms with E-state index in [1.54, 1.807) is 6.07 Å². The summed E-state index contributed by atoms with van der Waals surface area (Å²) in [4.78, 5) is 33.7. The molecule has 0 aliphatic carbocycles. The van der Waals surface area contributed by atoms with Crippen molar-refractivity contribution in [1.29, 1.82) is 0 Å². The summed E-state index contributed by atoms with van der Waals surface area (Å²) >= 11 is 0. The van der Waals surface area contributed by atoms with Crippen LogP contribution < -0.4 is 20.3 Å². The van der Waals surface area contributed by atoms with Crippen LogP contribution in [-0.2, 0) is 15.0 Å². The van der Waals surface area contributed by atoms with Crippen LogP contribution in [0.4, 0.5) is 5.69 Å². The summed E-state index contributed by atoms with van der Waals surface area (Å²) in [7, 11) is 0. The molecule has 154 valence electrons. The van der Waals surface area contributed by atoms with E-state index < -0.39 is 16.7 Å². The number of hydrogen-bond donors (Lipinski definition) is 2. The van der Waals surface area contributed by atoms with Crippen molar-refractivity contribution in [3.63, 3.8) is 0 Å². The number of ether oxygens (including phenoxy) is 2. The molecule has 0 saturated heterocycles. The minimum absolute atomic E-state index is 0.0814. The summed E-state index contributed by atoms with van der Waals surface area (Å²) in [6.07, 6.45) is 0. The summed E-state index contributed by atoms with van der Waals surface area (Å²) in [5, 5.41) is 10.6. The third-order valence-electron chi connectivity index (χ3n) is 3.81. The van der Waals surface area contributed by atoms with Gasteiger partial charge in [-0.1, -0.05) is 39.0 Å². The normalized spacial score (nSPS) is 10.7. The minimum atomic E-state index is -0.591. The number of para-hydroxylation sites is 1. The highest BCUT2D eigenvalue weighted by Crippen LogP contribution is 2.30. The Morgan fingerprint density at radius 1 is 0.931 bits per heavy atom. The van der Waals surface area contributed by atoms with E-state index >= 15 is 0 Å². The number of hydrazine groups is 1. The fraction of sp³-hybridized carbons (Fsp3) is 0.300. The first-order valence-electron chi connectivity index (χ1n) is 8.84. The molecule has 9 nitrogen and oxygen atoms in total.